The highest BCUT2D eigenvalue weighted by Gasteiger charge is 2.28. The van der Waals surface area contributed by atoms with Crippen molar-refractivity contribution in [3.8, 4) is 0 Å². The zero-order chi connectivity index (χ0) is 14.6. The van der Waals surface area contributed by atoms with Gasteiger partial charge in [-0.3, -0.25) is 0 Å². The topological polar surface area (TPSA) is 29.3 Å². The molecule has 2 rings (SSSR count). The Hall–Kier alpha value is -1.02. The number of anilines is 1. The lowest BCUT2D eigenvalue weighted by Crippen LogP contribution is -2.37. The van der Waals surface area contributed by atoms with Gasteiger partial charge < -0.3 is 10.6 Å². The monoisotopic (exact) mass is 274 g/mol. The first-order valence-electron chi connectivity index (χ1n) is 8.01. The molecule has 0 unspecified atom stereocenters. The minimum atomic E-state index is 0.571. The van der Waals surface area contributed by atoms with Crippen LogP contribution in [-0.2, 0) is 6.42 Å². The molecule has 2 N–H and O–H groups in total. The molecule has 0 heterocycles. The quantitative estimate of drug-likeness (QED) is 0.819. The van der Waals surface area contributed by atoms with Gasteiger partial charge in [0.2, 0.25) is 0 Å². The van der Waals surface area contributed by atoms with Crippen LogP contribution in [0.3, 0.4) is 0 Å². The van der Waals surface area contributed by atoms with Gasteiger partial charge >= 0.3 is 0 Å². The zero-order valence-electron chi connectivity index (χ0n) is 13.4. The average molecular weight is 274 g/mol. The van der Waals surface area contributed by atoms with E-state index in [-0.39, 0.29) is 0 Å². The lowest BCUT2D eigenvalue weighted by atomic mass is 9.75. The molecule has 2 nitrogen and oxygen atoms in total. The fraction of sp³-hybridized carbons (Fsp3) is 0.667. The van der Waals surface area contributed by atoms with Crippen LogP contribution >= 0.6 is 0 Å². The molecule has 20 heavy (non-hydrogen) atoms. The molecule has 1 aliphatic rings. The third kappa shape index (κ3) is 4.52. The van der Waals surface area contributed by atoms with E-state index in [0.717, 1.165) is 18.2 Å². The molecular formula is C18H30N2. The predicted molar refractivity (Wildman–Crippen MR) is 87.8 cm³/mol. The van der Waals surface area contributed by atoms with Crippen LogP contribution in [0, 0.1) is 5.41 Å². The molecule has 0 amide bonds. The fourth-order valence-corrected chi connectivity index (χ4v) is 3.22. The SMILES string of the molecule is CN(CCCc1ccc(N)cc1)C1CCC(C)(C)CC1. The summed E-state index contributed by atoms with van der Waals surface area (Å²) in [7, 11) is 2.30. The second kappa shape index (κ2) is 6.62. The summed E-state index contributed by atoms with van der Waals surface area (Å²) in [6.07, 6.45) is 7.87. The van der Waals surface area contributed by atoms with Crippen LogP contribution < -0.4 is 5.73 Å². The molecule has 0 aliphatic heterocycles. The highest BCUT2D eigenvalue weighted by Crippen LogP contribution is 2.36. The van der Waals surface area contributed by atoms with Crippen molar-refractivity contribution in [2.75, 3.05) is 19.3 Å². The Balaban J connectivity index is 1.70. The normalized spacial score (nSPS) is 19.4. The van der Waals surface area contributed by atoms with Crippen LogP contribution in [0.15, 0.2) is 24.3 Å². The summed E-state index contributed by atoms with van der Waals surface area (Å²) in [5.41, 5.74) is 8.54. The molecule has 0 aromatic heterocycles. The number of nitrogen functional groups attached to an aromatic ring is 1. The molecule has 112 valence electrons. The molecule has 0 saturated heterocycles. The summed E-state index contributed by atoms with van der Waals surface area (Å²) in [5, 5.41) is 0. The molecule has 1 aromatic carbocycles. The standard InChI is InChI=1S/C18H30N2/c1-18(2)12-10-17(11-13-18)20(3)14-4-5-15-6-8-16(19)9-7-15/h6-9,17H,4-5,10-14,19H2,1-3H3. The Morgan fingerprint density at radius 2 is 1.75 bits per heavy atom. The van der Waals surface area contributed by atoms with E-state index >= 15 is 0 Å². The number of aryl methyl sites for hydroxylation is 1. The number of hydrogen-bond acceptors (Lipinski definition) is 2. The van der Waals surface area contributed by atoms with E-state index in [0.29, 0.717) is 5.41 Å². The molecule has 0 spiro atoms. The minimum Gasteiger partial charge on any atom is -0.399 e. The lowest BCUT2D eigenvalue weighted by Gasteiger charge is -2.38. The van der Waals surface area contributed by atoms with Crippen LogP contribution in [0.2, 0.25) is 0 Å². The summed E-state index contributed by atoms with van der Waals surface area (Å²) < 4.78 is 0. The first kappa shape index (κ1) is 15.4. The zero-order valence-corrected chi connectivity index (χ0v) is 13.4. The van der Waals surface area contributed by atoms with Crippen molar-refractivity contribution in [1.82, 2.24) is 4.90 Å². The lowest BCUT2D eigenvalue weighted by molar-refractivity contribution is 0.127. The summed E-state index contributed by atoms with van der Waals surface area (Å²) in [4.78, 5) is 2.58. The van der Waals surface area contributed by atoms with Gasteiger partial charge in [0.1, 0.15) is 0 Å². The smallest absolute Gasteiger partial charge is 0.0314 e. The molecule has 0 atom stereocenters. The van der Waals surface area contributed by atoms with Crippen molar-refractivity contribution in [1.29, 1.82) is 0 Å². The van der Waals surface area contributed by atoms with E-state index in [9.17, 15) is 0 Å². The molecule has 2 heteroatoms. The number of rotatable bonds is 5. The van der Waals surface area contributed by atoms with Crippen molar-refractivity contribution >= 4 is 5.69 Å². The highest BCUT2D eigenvalue weighted by molar-refractivity contribution is 5.39. The van der Waals surface area contributed by atoms with Crippen molar-refractivity contribution < 1.29 is 0 Å². The fourth-order valence-electron chi connectivity index (χ4n) is 3.22. The molecule has 1 fully saturated rings. The molecule has 0 bridgehead atoms. The van der Waals surface area contributed by atoms with Gasteiger partial charge in [-0.2, -0.15) is 0 Å². The summed E-state index contributed by atoms with van der Waals surface area (Å²) in [6, 6.07) is 9.11. The molecule has 1 saturated carbocycles. The van der Waals surface area contributed by atoms with Gasteiger partial charge in [0, 0.05) is 11.7 Å². The molecule has 0 radical (unpaired) electrons. The Morgan fingerprint density at radius 1 is 1.15 bits per heavy atom. The highest BCUT2D eigenvalue weighted by atomic mass is 15.1. The summed E-state index contributed by atoms with van der Waals surface area (Å²) >= 11 is 0. The minimum absolute atomic E-state index is 0.571. The van der Waals surface area contributed by atoms with E-state index in [1.165, 1.54) is 44.2 Å². The maximum Gasteiger partial charge on any atom is 0.0314 e. The van der Waals surface area contributed by atoms with Gasteiger partial charge in [0.15, 0.2) is 0 Å². The number of benzene rings is 1. The van der Waals surface area contributed by atoms with Crippen molar-refractivity contribution in [2.24, 2.45) is 5.41 Å². The van der Waals surface area contributed by atoms with E-state index in [1.54, 1.807) is 0 Å². The van der Waals surface area contributed by atoms with Gasteiger partial charge in [-0.1, -0.05) is 26.0 Å². The molecule has 1 aliphatic carbocycles. The number of nitrogens with two attached hydrogens (primary N) is 1. The molecule has 1 aromatic rings. The van der Waals surface area contributed by atoms with Gasteiger partial charge in [-0.25, -0.2) is 0 Å². The summed E-state index contributed by atoms with van der Waals surface area (Å²) in [5.74, 6) is 0. The average Bonchev–Trinajstić information content (AvgIpc) is 2.41. The van der Waals surface area contributed by atoms with Crippen LogP contribution in [0.5, 0.6) is 0 Å². The van der Waals surface area contributed by atoms with Crippen LogP contribution in [0.1, 0.15) is 51.5 Å². The van der Waals surface area contributed by atoms with Crippen LogP contribution in [0.4, 0.5) is 5.69 Å². The van der Waals surface area contributed by atoms with Gasteiger partial charge in [0.05, 0.1) is 0 Å². The van der Waals surface area contributed by atoms with Crippen molar-refractivity contribution in [2.45, 2.75) is 58.4 Å². The van der Waals surface area contributed by atoms with Gasteiger partial charge in [-0.15, -0.1) is 0 Å². The van der Waals surface area contributed by atoms with Crippen LogP contribution in [-0.4, -0.2) is 24.5 Å². The largest absolute Gasteiger partial charge is 0.399 e. The number of nitrogens with zero attached hydrogens (tertiary/aromatic N) is 1. The van der Waals surface area contributed by atoms with Gasteiger partial charge in [0.25, 0.3) is 0 Å². The first-order valence-corrected chi connectivity index (χ1v) is 8.01. The number of hydrogen-bond donors (Lipinski definition) is 1. The Morgan fingerprint density at radius 3 is 2.35 bits per heavy atom. The van der Waals surface area contributed by atoms with Crippen molar-refractivity contribution in [3.63, 3.8) is 0 Å². The van der Waals surface area contributed by atoms with E-state index in [4.69, 9.17) is 5.73 Å². The maximum absolute atomic E-state index is 5.71. The first-order chi connectivity index (χ1) is 9.46. The maximum atomic E-state index is 5.71. The van der Waals surface area contributed by atoms with Gasteiger partial charge in [-0.05, 0) is 75.2 Å². The third-order valence-corrected chi connectivity index (χ3v) is 4.89. The van der Waals surface area contributed by atoms with Crippen molar-refractivity contribution in [3.05, 3.63) is 29.8 Å². The predicted octanol–water partition coefficient (Wildman–Crippen LogP) is 4.10. The van der Waals surface area contributed by atoms with E-state index < -0.39 is 0 Å². The van der Waals surface area contributed by atoms with E-state index in [1.807, 2.05) is 12.1 Å². The van der Waals surface area contributed by atoms with E-state index in [2.05, 4.69) is 37.9 Å². The second-order valence-corrected chi connectivity index (χ2v) is 7.22. The molecular weight excluding hydrogens is 244 g/mol. The third-order valence-electron chi connectivity index (χ3n) is 4.89. The Kier molecular flexibility index (Phi) is 5.09. The second-order valence-electron chi connectivity index (χ2n) is 7.22. The van der Waals surface area contributed by atoms with Crippen LogP contribution in [0.25, 0.3) is 0 Å². The summed E-state index contributed by atoms with van der Waals surface area (Å²) in [6.45, 7) is 6.02. The Bertz CT molecular complexity index is 398. The Labute approximate surface area is 124 Å².